The number of aryl methyl sites for hydroxylation is 1. The summed E-state index contributed by atoms with van der Waals surface area (Å²) in [7, 11) is 4.33. The van der Waals surface area contributed by atoms with Gasteiger partial charge in [0.15, 0.2) is 0 Å². The molecule has 0 saturated heterocycles. The van der Waals surface area contributed by atoms with Crippen molar-refractivity contribution in [2.75, 3.05) is 13.3 Å². The van der Waals surface area contributed by atoms with Crippen molar-refractivity contribution in [3.05, 3.63) is 35.4 Å². The SMILES string of the molecule is COc1cc(/C=C/C(=O)O)ccc1CCCP.[Re]. The first-order valence-corrected chi connectivity index (χ1v) is 6.27. The smallest absolute Gasteiger partial charge is 0.328 e. The van der Waals surface area contributed by atoms with E-state index in [9.17, 15) is 4.79 Å². The number of hydrogen-bond acceptors (Lipinski definition) is 2. The summed E-state index contributed by atoms with van der Waals surface area (Å²) in [6.45, 7) is 0. The van der Waals surface area contributed by atoms with E-state index >= 15 is 0 Å². The summed E-state index contributed by atoms with van der Waals surface area (Å²) < 4.78 is 5.30. The summed E-state index contributed by atoms with van der Waals surface area (Å²) in [5.41, 5.74) is 1.99. The number of carbonyl (C=O) groups is 1. The first kappa shape index (κ1) is 17.3. The minimum absolute atomic E-state index is 0. The number of carboxylic acid groups (broad SMARTS) is 1. The Morgan fingerprint density at radius 2 is 2.22 bits per heavy atom. The topological polar surface area (TPSA) is 46.5 Å². The predicted molar refractivity (Wildman–Crippen MR) is 72.6 cm³/mol. The van der Waals surface area contributed by atoms with E-state index in [0.717, 1.165) is 42.0 Å². The van der Waals surface area contributed by atoms with Crippen molar-refractivity contribution in [3.8, 4) is 5.75 Å². The van der Waals surface area contributed by atoms with Crippen LogP contribution in [-0.2, 0) is 31.6 Å². The molecule has 0 aliphatic carbocycles. The van der Waals surface area contributed by atoms with Gasteiger partial charge in [0, 0.05) is 26.5 Å². The van der Waals surface area contributed by atoms with E-state index in [1.54, 1.807) is 13.2 Å². The molecule has 5 heteroatoms. The van der Waals surface area contributed by atoms with Crippen molar-refractivity contribution in [2.24, 2.45) is 0 Å². The summed E-state index contributed by atoms with van der Waals surface area (Å²) in [6, 6.07) is 5.75. The quantitative estimate of drug-likeness (QED) is 0.549. The molecule has 1 radical (unpaired) electrons. The maximum absolute atomic E-state index is 10.4. The summed E-state index contributed by atoms with van der Waals surface area (Å²) in [6.07, 6.45) is 5.80. The Kier molecular flexibility index (Phi) is 8.93. The van der Waals surface area contributed by atoms with Crippen molar-refractivity contribution >= 4 is 21.3 Å². The van der Waals surface area contributed by atoms with E-state index < -0.39 is 5.97 Å². The van der Waals surface area contributed by atoms with Crippen molar-refractivity contribution in [1.82, 2.24) is 0 Å². The van der Waals surface area contributed by atoms with Crippen LogP contribution in [0.15, 0.2) is 24.3 Å². The molecular formula is C13H17O3PRe. The maximum Gasteiger partial charge on any atom is 0.328 e. The van der Waals surface area contributed by atoms with Gasteiger partial charge in [-0.2, -0.15) is 0 Å². The van der Waals surface area contributed by atoms with Gasteiger partial charge in [-0.05, 0) is 42.3 Å². The second-order valence-electron chi connectivity index (χ2n) is 3.64. The number of benzene rings is 1. The molecule has 3 nitrogen and oxygen atoms in total. The molecule has 0 amide bonds. The minimum atomic E-state index is -0.948. The Hall–Kier alpha value is -0.678. The van der Waals surface area contributed by atoms with Crippen LogP contribution in [0, 0.1) is 0 Å². The third-order valence-electron chi connectivity index (χ3n) is 2.38. The van der Waals surface area contributed by atoms with Gasteiger partial charge in [-0.25, -0.2) is 4.79 Å². The van der Waals surface area contributed by atoms with Crippen LogP contribution < -0.4 is 4.74 Å². The first-order valence-electron chi connectivity index (χ1n) is 5.45. The molecule has 1 aromatic rings. The fraction of sp³-hybridized carbons (Fsp3) is 0.308. The molecule has 0 spiro atoms. The first-order chi connectivity index (χ1) is 8.17. The second-order valence-corrected chi connectivity index (χ2v) is 4.21. The van der Waals surface area contributed by atoms with Gasteiger partial charge in [-0.15, -0.1) is 9.24 Å². The molecule has 18 heavy (non-hydrogen) atoms. The van der Waals surface area contributed by atoms with Gasteiger partial charge >= 0.3 is 5.97 Å². The fourth-order valence-electron chi connectivity index (χ4n) is 1.53. The largest absolute Gasteiger partial charge is 0.496 e. The van der Waals surface area contributed by atoms with Gasteiger partial charge in [0.1, 0.15) is 5.75 Å². The van der Waals surface area contributed by atoms with Gasteiger partial charge < -0.3 is 9.84 Å². The number of ether oxygens (including phenoxy) is 1. The number of hydrogen-bond donors (Lipinski definition) is 1. The second kappa shape index (κ2) is 9.28. The normalized spacial score (nSPS) is 10.1. The Morgan fingerprint density at radius 3 is 2.78 bits per heavy atom. The molecule has 1 aromatic carbocycles. The summed E-state index contributed by atoms with van der Waals surface area (Å²) in [5, 5.41) is 8.55. The van der Waals surface area contributed by atoms with E-state index in [1.165, 1.54) is 0 Å². The zero-order valence-corrected chi connectivity index (χ0v) is 14.1. The van der Waals surface area contributed by atoms with Crippen LogP contribution in [0.5, 0.6) is 5.75 Å². The summed E-state index contributed by atoms with van der Waals surface area (Å²) >= 11 is 0. The average molecular weight is 438 g/mol. The molecule has 1 rings (SSSR count). The Bertz CT molecular complexity index is 419. The molecule has 0 fully saturated rings. The molecule has 99 valence electrons. The molecule has 0 saturated carbocycles. The van der Waals surface area contributed by atoms with Gasteiger partial charge in [0.05, 0.1) is 7.11 Å². The molecule has 0 aliphatic rings. The van der Waals surface area contributed by atoms with Crippen molar-refractivity contribution in [3.63, 3.8) is 0 Å². The molecule has 1 atom stereocenters. The summed E-state index contributed by atoms with van der Waals surface area (Å²) in [4.78, 5) is 10.4. The zero-order chi connectivity index (χ0) is 12.7. The molecule has 1 N–H and O–H groups in total. The average Bonchev–Trinajstić information content (AvgIpc) is 2.34. The Balaban J connectivity index is 0.00000289. The monoisotopic (exact) mass is 439 g/mol. The van der Waals surface area contributed by atoms with Crippen LogP contribution in [0.3, 0.4) is 0 Å². The number of rotatable bonds is 6. The molecule has 1 unspecified atom stereocenters. The van der Waals surface area contributed by atoms with Gasteiger partial charge in [-0.3, -0.25) is 0 Å². The van der Waals surface area contributed by atoms with Crippen molar-refractivity contribution < 1.29 is 35.1 Å². The number of aliphatic carboxylic acids is 1. The van der Waals surface area contributed by atoms with Gasteiger partial charge in [0.2, 0.25) is 0 Å². The van der Waals surface area contributed by atoms with Gasteiger partial charge in [-0.1, -0.05) is 12.1 Å². The van der Waals surface area contributed by atoms with Crippen LogP contribution in [0.4, 0.5) is 0 Å². The van der Waals surface area contributed by atoms with E-state index in [1.807, 2.05) is 18.2 Å². The number of methoxy groups -OCH3 is 1. The predicted octanol–water partition coefficient (Wildman–Crippen LogP) is 2.60. The van der Waals surface area contributed by atoms with E-state index in [0.29, 0.717) is 0 Å². The van der Waals surface area contributed by atoms with Crippen LogP contribution >= 0.6 is 9.24 Å². The Labute approximate surface area is 123 Å². The van der Waals surface area contributed by atoms with E-state index in [4.69, 9.17) is 9.84 Å². The Morgan fingerprint density at radius 1 is 1.50 bits per heavy atom. The summed E-state index contributed by atoms with van der Waals surface area (Å²) in [5.74, 6) is -0.132. The van der Waals surface area contributed by atoms with Gasteiger partial charge in [0.25, 0.3) is 0 Å². The fourth-order valence-corrected chi connectivity index (χ4v) is 1.74. The van der Waals surface area contributed by atoms with Crippen LogP contribution in [0.1, 0.15) is 17.5 Å². The van der Waals surface area contributed by atoms with Crippen LogP contribution in [-0.4, -0.2) is 24.3 Å². The minimum Gasteiger partial charge on any atom is -0.496 e. The standard InChI is InChI=1S/C13H17O3P.Re/c1-16-12-9-10(5-7-13(14)15)4-6-11(12)3-2-8-17;/h4-7,9H,2-3,8,17H2,1H3,(H,14,15);/b7-5+;. The zero-order valence-electron chi connectivity index (χ0n) is 10.2. The molecule has 0 heterocycles. The molecule has 0 aliphatic heterocycles. The van der Waals surface area contributed by atoms with Crippen molar-refractivity contribution in [2.45, 2.75) is 12.8 Å². The molecule has 0 bridgehead atoms. The van der Waals surface area contributed by atoms with Crippen LogP contribution in [0.25, 0.3) is 6.08 Å². The third-order valence-corrected chi connectivity index (χ3v) is 2.79. The molecular weight excluding hydrogens is 421 g/mol. The van der Waals surface area contributed by atoms with Crippen LogP contribution in [0.2, 0.25) is 0 Å². The van der Waals surface area contributed by atoms with Crippen molar-refractivity contribution in [1.29, 1.82) is 0 Å². The maximum atomic E-state index is 10.4. The molecule has 0 aromatic heterocycles. The van der Waals surface area contributed by atoms with E-state index in [-0.39, 0.29) is 20.4 Å². The van der Waals surface area contributed by atoms with E-state index in [2.05, 4.69) is 9.24 Å². The number of carboxylic acids is 1. The third kappa shape index (κ3) is 5.78.